The number of benzene rings is 2. The van der Waals surface area contributed by atoms with Gasteiger partial charge in [0.05, 0.1) is 18.2 Å². The van der Waals surface area contributed by atoms with Crippen LogP contribution in [0.4, 0.5) is 8.78 Å². The molecule has 158 valence electrons. The molecular weight excluding hydrogens is 388 g/mol. The van der Waals surface area contributed by atoms with Gasteiger partial charge in [-0.05, 0) is 51.0 Å². The molecule has 1 atom stereocenters. The molecule has 1 amide bonds. The fraction of sp³-hybridized carbons (Fsp3) is 0.333. The summed E-state index contributed by atoms with van der Waals surface area (Å²) in [4.78, 5) is 27.4. The Balaban J connectivity index is 2.03. The first-order valence-electron chi connectivity index (χ1n) is 9.90. The molecule has 0 radical (unpaired) electrons. The van der Waals surface area contributed by atoms with Crippen molar-refractivity contribution >= 4 is 11.9 Å². The van der Waals surface area contributed by atoms with E-state index in [0.717, 1.165) is 23.3 Å². The topological polar surface area (TPSA) is 46.6 Å². The standard InChI is InChI=1S/C24H25F2NO3/c1-14(2)30-24(29)23-16(4)27(13-17-7-10-20(25)21(26)11-17)22(28)12-19(23)18-8-5-15(3)6-9-18/h5-11,14,19H,12-13H2,1-4H3. The van der Waals surface area contributed by atoms with Crippen LogP contribution < -0.4 is 0 Å². The van der Waals surface area contributed by atoms with E-state index in [9.17, 15) is 18.4 Å². The molecular formula is C24H25F2NO3. The van der Waals surface area contributed by atoms with Gasteiger partial charge in [0.25, 0.3) is 0 Å². The summed E-state index contributed by atoms with van der Waals surface area (Å²) in [5.41, 5.74) is 3.25. The molecule has 0 aliphatic carbocycles. The Kier molecular flexibility index (Phi) is 6.34. The van der Waals surface area contributed by atoms with Gasteiger partial charge in [-0.2, -0.15) is 0 Å². The number of aryl methyl sites for hydroxylation is 1. The van der Waals surface area contributed by atoms with Crippen LogP contribution in [-0.4, -0.2) is 22.9 Å². The molecule has 3 rings (SSSR count). The lowest BCUT2D eigenvalue weighted by Crippen LogP contribution is -2.38. The molecule has 0 fully saturated rings. The second kappa shape index (κ2) is 8.78. The van der Waals surface area contributed by atoms with Gasteiger partial charge in [0.2, 0.25) is 5.91 Å². The van der Waals surface area contributed by atoms with Crippen molar-refractivity contribution in [1.29, 1.82) is 0 Å². The highest BCUT2D eigenvalue weighted by Crippen LogP contribution is 2.38. The summed E-state index contributed by atoms with van der Waals surface area (Å²) in [6.07, 6.45) is -0.221. The van der Waals surface area contributed by atoms with Gasteiger partial charge in [-0.15, -0.1) is 0 Å². The van der Waals surface area contributed by atoms with Crippen LogP contribution in [0.1, 0.15) is 49.8 Å². The summed E-state index contributed by atoms with van der Waals surface area (Å²) in [6.45, 7) is 7.23. The molecule has 0 saturated carbocycles. The number of ether oxygens (including phenoxy) is 1. The number of carbonyl (C=O) groups is 2. The third-order valence-corrected chi connectivity index (χ3v) is 5.19. The number of rotatable bonds is 5. The minimum Gasteiger partial charge on any atom is -0.460 e. The average Bonchev–Trinajstić information content (AvgIpc) is 2.67. The molecule has 0 spiro atoms. The highest BCUT2D eigenvalue weighted by molar-refractivity contribution is 5.96. The van der Waals surface area contributed by atoms with Crippen LogP contribution in [0.5, 0.6) is 0 Å². The van der Waals surface area contributed by atoms with Crippen molar-refractivity contribution < 1.29 is 23.1 Å². The predicted octanol–water partition coefficient (Wildman–Crippen LogP) is 5.01. The van der Waals surface area contributed by atoms with E-state index in [1.54, 1.807) is 20.8 Å². The summed E-state index contributed by atoms with van der Waals surface area (Å²) < 4.78 is 32.3. The van der Waals surface area contributed by atoms with Gasteiger partial charge in [-0.1, -0.05) is 35.9 Å². The van der Waals surface area contributed by atoms with Crippen molar-refractivity contribution in [2.24, 2.45) is 0 Å². The Morgan fingerprint density at radius 1 is 1.10 bits per heavy atom. The van der Waals surface area contributed by atoms with Crippen LogP contribution in [0, 0.1) is 18.6 Å². The molecule has 0 N–H and O–H groups in total. The van der Waals surface area contributed by atoms with Crippen LogP contribution in [0.25, 0.3) is 0 Å². The van der Waals surface area contributed by atoms with E-state index in [2.05, 4.69) is 0 Å². The Morgan fingerprint density at radius 2 is 1.77 bits per heavy atom. The molecule has 4 nitrogen and oxygen atoms in total. The van der Waals surface area contributed by atoms with Crippen molar-refractivity contribution in [2.75, 3.05) is 0 Å². The van der Waals surface area contributed by atoms with Gasteiger partial charge in [0, 0.05) is 18.0 Å². The predicted molar refractivity (Wildman–Crippen MR) is 109 cm³/mol. The first-order chi connectivity index (χ1) is 14.2. The van der Waals surface area contributed by atoms with E-state index in [4.69, 9.17) is 4.74 Å². The number of hydrogen-bond acceptors (Lipinski definition) is 3. The second-order valence-corrected chi connectivity index (χ2v) is 7.85. The van der Waals surface area contributed by atoms with E-state index in [-0.39, 0.29) is 25.0 Å². The number of allylic oxidation sites excluding steroid dienone is 1. The molecule has 0 saturated heterocycles. The van der Waals surface area contributed by atoms with Crippen LogP contribution in [0.3, 0.4) is 0 Å². The molecule has 6 heteroatoms. The quantitative estimate of drug-likeness (QED) is 0.647. The van der Waals surface area contributed by atoms with Crippen molar-refractivity contribution in [3.05, 3.63) is 82.1 Å². The number of amides is 1. The monoisotopic (exact) mass is 413 g/mol. The molecule has 30 heavy (non-hydrogen) atoms. The average molecular weight is 413 g/mol. The van der Waals surface area contributed by atoms with Gasteiger partial charge < -0.3 is 9.64 Å². The van der Waals surface area contributed by atoms with Crippen molar-refractivity contribution in [1.82, 2.24) is 4.90 Å². The summed E-state index contributed by atoms with van der Waals surface area (Å²) in [7, 11) is 0. The summed E-state index contributed by atoms with van der Waals surface area (Å²) in [5.74, 6) is -3.02. The number of hydrogen-bond donors (Lipinski definition) is 0. The van der Waals surface area contributed by atoms with E-state index < -0.39 is 23.5 Å². The van der Waals surface area contributed by atoms with Gasteiger partial charge in [-0.3, -0.25) is 4.79 Å². The SMILES string of the molecule is CC1=C(C(=O)OC(C)C)C(c2ccc(C)cc2)CC(=O)N1Cc1ccc(F)c(F)c1. The van der Waals surface area contributed by atoms with E-state index >= 15 is 0 Å². The lowest BCUT2D eigenvalue weighted by Gasteiger charge is -2.35. The normalized spacial score (nSPS) is 17.0. The third kappa shape index (κ3) is 4.58. The van der Waals surface area contributed by atoms with Crippen molar-refractivity contribution in [2.45, 2.75) is 52.7 Å². The lowest BCUT2D eigenvalue weighted by atomic mass is 9.83. The number of carbonyl (C=O) groups excluding carboxylic acids is 2. The van der Waals surface area contributed by atoms with Crippen LogP contribution in [0.2, 0.25) is 0 Å². The third-order valence-electron chi connectivity index (χ3n) is 5.19. The highest BCUT2D eigenvalue weighted by atomic mass is 19.2. The largest absolute Gasteiger partial charge is 0.460 e. The van der Waals surface area contributed by atoms with E-state index in [1.165, 1.54) is 11.0 Å². The van der Waals surface area contributed by atoms with Gasteiger partial charge >= 0.3 is 5.97 Å². The Morgan fingerprint density at radius 3 is 2.37 bits per heavy atom. The first-order valence-corrected chi connectivity index (χ1v) is 9.90. The van der Waals surface area contributed by atoms with E-state index in [0.29, 0.717) is 16.8 Å². The van der Waals surface area contributed by atoms with Crippen LogP contribution >= 0.6 is 0 Å². The molecule has 1 aliphatic rings. The van der Waals surface area contributed by atoms with E-state index in [1.807, 2.05) is 31.2 Å². The number of halogens is 2. The molecule has 2 aromatic rings. The first kappa shape index (κ1) is 21.7. The molecule has 2 aromatic carbocycles. The maximum absolute atomic E-state index is 13.6. The van der Waals surface area contributed by atoms with Crippen molar-refractivity contribution in [3.8, 4) is 0 Å². The Labute approximate surface area is 175 Å². The minimum absolute atomic E-state index is 0.0426. The van der Waals surface area contributed by atoms with Gasteiger partial charge in [0.1, 0.15) is 0 Å². The molecule has 0 aromatic heterocycles. The van der Waals surface area contributed by atoms with Gasteiger partial charge in [-0.25, -0.2) is 13.6 Å². The number of nitrogens with zero attached hydrogens (tertiary/aromatic N) is 1. The lowest BCUT2D eigenvalue weighted by molar-refractivity contribution is -0.143. The fourth-order valence-electron chi connectivity index (χ4n) is 3.65. The summed E-state index contributed by atoms with van der Waals surface area (Å²) >= 11 is 0. The Hall–Kier alpha value is -3.02. The van der Waals surface area contributed by atoms with Crippen LogP contribution in [0.15, 0.2) is 53.7 Å². The highest BCUT2D eigenvalue weighted by Gasteiger charge is 2.37. The van der Waals surface area contributed by atoms with Crippen LogP contribution in [-0.2, 0) is 20.9 Å². The second-order valence-electron chi connectivity index (χ2n) is 7.85. The maximum Gasteiger partial charge on any atom is 0.336 e. The summed E-state index contributed by atoms with van der Waals surface area (Å²) in [5, 5.41) is 0. The smallest absolute Gasteiger partial charge is 0.336 e. The zero-order valence-electron chi connectivity index (χ0n) is 17.5. The molecule has 1 heterocycles. The number of esters is 1. The molecule has 1 aliphatic heterocycles. The summed E-state index contributed by atoms with van der Waals surface area (Å²) in [6, 6.07) is 11.2. The molecule has 0 bridgehead atoms. The Bertz CT molecular complexity index is 996. The zero-order valence-corrected chi connectivity index (χ0v) is 17.5. The minimum atomic E-state index is -0.976. The van der Waals surface area contributed by atoms with Gasteiger partial charge in [0.15, 0.2) is 11.6 Å². The maximum atomic E-state index is 13.6. The van der Waals surface area contributed by atoms with Crippen molar-refractivity contribution in [3.63, 3.8) is 0 Å². The fourth-order valence-corrected chi connectivity index (χ4v) is 3.65. The zero-order chi connectivity index (χ0) is 22.0. The molecule has 1 unspecified atom stereocenters.